The zero-order chi connectivity index (χ0) is 16.2. The molecule has 0 N–H and O–H groups in total. The van der Waals surface area contributed by atoms with Crippen LogP contribution in [0, 0.1) is 0 Å². The van der Waals surface area contributed by atoms with E-state index >= 15 is 0 Å². The molecule has 1 aromatic carbocycles. The lowest BCUT2D eigenvalue weighted by atomic mass is 10.3. The lowest BCUT2D eigenvalue weighted by molar-refractivity contribution is -0.115. The van der Waals surface area contributed by atoms with Gasteiger partial charge in [0.15, 0.2) is 11.0 Å². The molecule has 118 valence electrons. The van der Waals surface area contributed by atoms with Gasteiger partial charge >= 0.3 is 0 Å². The molecule has 0 fully saturated rings. The monoisotopic (exact) mass is 344 g/mol. The van der Waals surface area contributed by atoms with Crippen LogP contribution in [0.1, 0.15) is 0 Å². The zero-order valence-corrected chi connectivity index (χ0v) is 14.5. The highest BCUT2D eigenvalue weighted by Crippen LogP contribution is 2.26. The average Bonchev–Trinajstić information content (AvgIpc) is 3.22. The molecule has 0 aliphatic heterocycles. The minimum absolute atomic E-state index is 0.0295. The van der Waals surface area contributed by atoms with Crippen LogP contribution < -0.4 is 4.90 Å². The van der Waals surface area contributed by atoms with Crippen molar-refractivity contribution in [2.24, 2.45) is 7.05 Å². The van der Waals surface area contributed by atoms with Crippen LogP contribution >= 0.6 is 23.1 Å². The molecule has 0 unspecified atom stereocenters. The van der Waals surface area contributed by atoms with Crippen LogP contribution in [0.15, 0.2) is 53.0 Å². The van der Waals surface area contributed by atoms with Crippen LogP contribution in [0.2, 0.25) is 0 Å². The third-order valence-electron chi connectivity index (χ3n) is 3.42. The lowest BCUT2D eigenvalue weighted by Crippen LogP contribution is -2.27. The Morgan fingerprint density at radius 1 is 1.22 bits per heavy atom. The first-order valence-corrected chi connectivity index (χ1v) is 8.91. The maximum Gasteiger partial charge on any atom is 0.237 e. The highest BCUT2D eigenvalue weighted by atomic mass is 32.2. The van der Waals surface area contributed by atoms with Gasteiger partial charge in [0.05, 0.1) is 10.6 Å². The Hall–Kier alpha value is -2.12. The number of nitrogens with zero attached hydrogens (tertiary/aromatic N) is 4. The summed E-state index contributed by atoms with van der Waals surface area (Å²) in [6, 6.07) is 13.6. The Balaban J connectivity index is 1.66. The molecule has 23 heavy (non-hydrogen) atoms. The molecule has 0 saturated carbocycles. The van der Waals surface area contributed by atoms with E-state index in [0.717, 1.165) is 21.5 Å². The number of carbonyl (C=O) groups excluding carboxylic acids is 1. The number of hydrogen-bond donors (Lipinski definition) is 0. The fourth-order valence-corrected chi connectivity index (χ4v) is 3.65. The Kier molecular flexibility index (Phi) is 4.78. The van der Waals surface area contributed by atoms with E-state index in [9.17, 15) is 4.79 Å². The fraction of sp³-hybridized carbons (Fsp3) is 0.188. The summed E-state index contributed by atoms with van der Waals surface area (Å²) in [6.07, 6.45) is 0. The topological polar surface area (TPSA) is 51.0 Å². The first-order chi connectivity index (χ1) is 11.2. The summed E-state index contributed by atoms with van der Waals surface area (Å²) in [5.41, 5.74) is 0.885. The predicted octanol–water partition coefficient (Wildman–Crippen LogP) is 3.30. The zero-order valence-electron chi connectivity index (χ0n) is 12.8. The highest BCUT2D eigenvalue weighted by Gasteiger charge is 2.15. The van der Waals surface area contributed by atoms with E-state index in [-0.39, 0.29) is 5.91 Å². The second-order valence-electron chi connectivity index (χ2n) is 4.92. The number of hydrogen-bond acceptors (Lipinski definition) is 5. The molecule has 3 aromatic rings. The first kappa shape index (κ1) is 15.8. The number of benzene rings is 1. The second kappa shape index (κ2) is 6.97. The molecule has 0 bridgehead atoms. The molecule has 0 radical (unpaired) electrons. The van der Waals surface area contributed by atoms with Gasteiger partial charge in [-0.25, -0.2) is 0 Å². The minimum Gasteiger partial charge on any atom is -0.315 e. The predicted molar refractivity (Wildman–Crippen MR) is 94.9 cm³/mol. The third-order valence-corrected chi connectivity index (χ3v) is 5.29. The summed E-state index contributed by atoms with van der Waals surface area (Å²) in [4.78, 5) is 15.0. The van der Waals surface area contributed by atoms with E-state index in [0.29, 0.717) is 5.75 Å². The van der Waals surface area contributed by atoms with Gasteiger partial charge in [-0.15, -0.1) is 21.5 Å². The Morgan fingerprint density at radius 2 is 2.00 bits per heavy atom. The van der Waals surface area contributed by atoms with Crippen LogP contribution in [0.4, 0.5) is 5.69 Å². The number of rotatable bonds is 5. The first-order valence-electron chi connectivity index (χ1n) is 7.04. The molecule has 0 spiro atoms. The van der Waals surface area contributed by atoms with Crippen molar-refractivity contribution >= 4 is 34.7 Å². The number of anilines is 1. The summed E-state index contributed by atoms with van der Waals surface area (Å²) >= 11 is 3.02. The van der Waals surface area contributed by atoms with Crippen LogP contribution in [0.3, 0.4) is 0 Å². The quantitative estimate of drug-likeness (QED) is 0.667. The van der Waals surface area contributed by atoms with Gasteiger partial charge in [-0.3, -0.25) is 4.79 Å². The van der Waals surface area contributed by atoms with Crippen molar-refractivity contribution in [2.45, 2.75) is 5.16 Å². The number of carbonyl (C=O) groups is 1. The van der Waals surface area contributed by atoms with Gasteiger partial charge in [-0.2, -0.15) is 0 Å². The fourth-order valence-electron chi connectivity index (χ4n) is 2.08. The van der Waals surface area contributed by atoms with E-state index in [4.69, 9.17) is 0 Å². The molecule has 3 rings (SSSR count). The molecule has 0 aliphatic rings. The normalized spacial score (nSPS) is 10.7. The Morgan fingerprint density at radius 3 is 2.70 bits per heavy atom. The van der Waals surface area contributed by atoms with Crippen molar-refractivity contribution in [1.29, 1.82) is 0 Å². The molecular formula is C16H16N4OS2. The molecule has 0 aliphatic carbocycles. The van der Waals surface area contributed by atoms with Gasteiger partial charge in [0.2, 0.25) is 5.91 Å². The van der Waals surface area contributed by atoms with Crippen molar-refractivity contribution in [1.82, 2.24) is 14.8 Å². The van der Waals surface area contributed by atoms with Crippen molar-refractivity contribution in [2.75, 3.05) is 17.7 Å². The van der Waals surface area contributed by atoms with Crippen LogP contribution in [0.5, 0.6) is 0 Å². The highest BCUT2D eigenvalue weighted by molar-refractivity contribution is 7.99. The van der Waals surface area contributed by atoms with E-state index in [1.807, 2.05) is 59.5 Å². The maximum absolute atomic E-state index is 12.3. The van der Waals surface area contributed by atoms with Crippen molar-refractivity contribution < 1.29 is 4.79 Å². The lowest BCUT2D eigenvalue weighted by Gasteiger charge is -2.16. The van der Waals surface area contributed by atoms with Gasteiger partial charge in [-0.05, 0) is 23.6 Å². The molecule has 0 saturated heterocycles. The van der Waals surface area contributed by atoms with Crippen LogP contribution in [0.25, 0.3) is 10.7 Å². The van der Waals surface area contributed by atoms with Crippen molar-refractivity contribution in [3.63, 3.8) is 0 Å². The van der Waals surface area contributed by atoms with E-state index in [1.54, 1.807) is 23.3 Å². The van der Waals surface area contributed by atoms with Crippen LogP contribution in [-0.4, -0.2) is 33.5 Å². The summed E-state index contributed by atoms with van der Waals surface area (Å²) in [6.45, 7) is 0. The number of aromatic nitrogens is 3. The SMILES string of the molecule is CN(C(=O)CSc1nnc(-c2cccs2)n1C)c1ccccc1. The summed E-state index contributed by atoms with van der Waals surface area (Å²) in [5, 5.41) is 11.2. The summed E-state index contributed by atoms with van der Waals surface area (Å²) in [7, 11) is 3.70. The Bertz CT molecular complexity index is 784. The average molecular weight is 344 g/mol. The van der Waals surface area contributed by atoms with Gasteiger partial charge < -0.3 is 9.47 Å². The van der Waals surface area contributed by atoms with E-state index in [2.05, 4.69) is 10.2 Å². The van der Waals surface area contributed by atoms with Crippen molar-refractivity contribution in [3.8, 4) is 10.7 Å². The number of amides is 1. The van der Waals surface area contributed by atoms with Gasteiger partial charge in [0, 0.05) is 19.8 Å². The second-order valence-corrected chi connectivity index (χ2v) is 6.81. The van der Waals surface area contributed by atoms with Gasteiger partial charge in [0.25, 0.3) is 0 Å². The molecule has 1 amide bonds. The standard InChI is InChI=1S/C16H16N4OS2/c1-19(12-7-4-3-5-8-12)14(21)11-23-16-18-17-15(20(16)2)13-9-6-10-22-13/h3-10H,11H2,1-2H3. The smallest absolute Gasteiger partial charge is 0.237 e. The molecule has 2 aromatic heterocycles. The number of thiophene rings is 1. The van der Waals surface area contributed by atoms with Crippen LogP contribution in [-0.2, 0) is 11.8 Å². The number of para-hydroxylation sites is 1. The third kappa shape index (κ3) is 3.46. The summed E-state index contributed by atoms with van der Waals surface area (Å²) in [5.74, 6) is 1.18. The maximum atomic E-state index is 12.3. The molecule has 0 atom stereocenters. The van der Waals surface area contributed by atoms with Gasteiger partial charge in [-0.1, -0.05) is 36.0 Å². The number of thioether (sulfide) groups is 1. The van der Waals surface area contributed by atoms with E-state index < -0.39 is 0 Å². The minimum atomic E-state index is 0.0295. The Labute approximate surface area is 143 Å². The molecule has 7 heteroatoms. The summed E-state index contributed by atoms with van der Waals surface area (Å²) < 4.78 is 1.92. The molecule has 2 heterocycles. The van der Waals surface area contributed by atoms with Crippen molar-refractivity contribution in [3.05, 3.63) is 47.8 Å². The largest absolute Gasteiger partial charge is 0.315 e. The van der Waals surface area contributed by atoms with Gasteiger partial charge in [0.1, 0.15) is 0 Å². The molecular weight excluding hydrogens is 328 g/mol. The van der Waals surface area contributed by atoms with E-state index in [1.165, 1.54) is 11.8 Å². The molecule has 5 nitrogen and oxygen atoms in total.